The number of hydrogen-bond donors (Lipinski definition) is 2. The van der Waals surface area contributed by atoms with Crippen LogP contribution in [0.4, 0.5) is 5.69 Å². The highest BCUT2D eigenvalue weighted by Crippen LogP contribution is 2.18. The van der Waals surface area contributed by atoms with Gasteiger partial charge in [0.1, 0.15) is 5.75 Å². The second kappa shape index (κ2) is 7.29. The predicted octanol–water partition coefficient (Wildman–Crippen LogP) is 2.94. The van der Waals surface area contributed by atoms with Crippen LogP contribution in [0.1, 0.15) is 39.5 Å². The maximum atomic E-state index is 12.2. The molecule has 1 saturated heterocycles. The van der Waals surface area contributed by atoms with Gasteiger partial charge in [0.05, 0.1) is 12.6 Å². The van der Waals surface area contributed by atoms with Crippen LogP contribution in [0.5, 0.6) is 5.75 Å². The average molecular weight is 276 g/mol. The third-order valence-corrected chi connectivity index (χ3v) is 3.53. The molecule has 2 rings (SSSR count). The number of nitrogens with one attached hydrogen (secondary N) is 2. The molecule has 0 aromatic heterocycles. The van der Waals surface area contributed by atoms with E-state index >= 15 is 0 Å². The van der Waals surface area contributed by atoms with E-state index in [1.165, 1.54) is 0 Å². The summed E-state index contributed by atoms with van der Waals surface area (Å²) in [6.45, 7) is 4.92. The van der Waals surface area contributed by atoms with Crippen LogP contribution < -0.4 is 15.4 Å². The summed E-state index contributed by atoms with van der Waals surface area (Å²) in [5, 5.41) is 6.30. The highest BCUT2D eigenvalue weighted by atomic mass is 16.5. The van der Waals surface area contributed by atoms with E-state index in [1.807, 2.05) is 24.3 Å². The minimum absolute atomic E-state index is 0.0544. The van der Waals surface area contributed by atoms with Crippen molar-refractivity contribution in [3.8, 4) is 5.75 Å². The normalized spacial score (nSPS) is 22.3. The third kappa shape index (κ3) is 4.23. The van der Waals surface area contributed by atoms with Gasteiger partial charge >= 0.3 is 0 Å². The first kappa shape index (κ1) is 14.9. The molecule has 1 aromatic rings. The number of carbonyl (C=O) groups excluding carboxylic acids is 1. The van der Waals surface area contributed by atoms with Crippen molar-refractivity contribution in [2.75, 3.05) is 11.9 Å². The Morgan fingerprint density at radius 3 is 2.75 bits per heavy atom. The van der Waals surface area contributed by atoms with E-state index in [9.17, 15) is 4.79 Å². The van der Waals surface area contributed by atoms with Gasteiger partial charge in [-0.1, -0.05) is 6.92 Å². The predicted molar refractivity (Wildman–Crippen MR) is 81.1 cm³/mol. The summed E-state index contributed by atoms with van der Waals surface area (Å²) in [5.74, 6) is 0.896. The Labute approximate surface area is 120 Å². The second-order valence-corrected chi connectivity index (χ2v) is 5.41. The minimum Gasteiger partial charge on any atom is -0.494 e. The van der Waals surface area contributed by atoms with Crippen LogP contribution in [0.25, 0.3) is 0 Å². The first-order valence-electron chi connectivity index (χ1n) is 7.49. The molecule has 0 spiro atoms. The van der Waals surface area contributed by atoms with E-state index < -0.39 is 0 Å². The van der Waals surface area contributed by atoms with Crippen molar-refractivity contribution < 1.29 is 9.53 Å². The Morgan fingerprint density at radius 1 is 1.35 bits per heavy atom. The molecule has 1 fully saturated rings. The van der Waals surface area contributed by atoms with Gasteiger partial charge in [-0.15, -0.1) is 0 Å². The molecule has 1 aliphatic rings. The summed E-state index contributed by atoms with van der Waals surface area (Å²) in [7, 11) is 0. The van der Waals surface area contributed by atoms with Gasteiger partial charge in [-0.05, 0) is 56.9 Å². The fraction of sp³-hybridized carbons (Fsp3) is 0.562. The first-order valence-corrected chi connectivity index (χ1v) is 7.49. The topological polar surface area (TPSA) is 50.4 Å². The number of piperidine rings is 1. The number of ether oxygens (including phenoxy) is 1. The van der Waals surface area contributed by atoms with E-state index in [1.54, 1.807) is 0 Å². The molecule has 110 valence electrons. The first-order chi connectivity index (χ1) is 9.69. The van der Waals surface area contributed by atoms with Gasteiger partial charge in [0.2, 0.25) is 5.91 Å². The van der Waals surface area contributed by atoms with E-state index in [-0.39, 0.29) is 11.9 Å². The van der Waals surface area contributed by atoms with Gasteiger partial charge < -0.3 is 15.4 Å². The SMILES string of the molecule is CCCOc1ccc(NC(=O)C2CCCC(C)N2)cc1. The molecule has 0 bridgehead atoms. The van der Waals surface area contributed by atoms with Crippen molar-refractivity contribution in [1.29, 1.82) is 0 Å². The van der Waals surface area contributed by atoms with E-state index in [4.69, 9.17) is 4.74 Å². The van der Waals surface area contributed by atoms with E-state index in [0.29, 0.717) is 6.04 Å². The number of amides is 1. The number of benzene rings is 1. The van der Waals surface area contributed by atoms with Crippen LogP contribution in [-0.2, 0) is 4.79 Å². The molecule has 4 heteroatoms. The lowest BCUT2D eigenvalue weighted by molar-refractivity contribution is -0.118. The zero-order valence-electron chi connectivity index (χ0n) is 12.3. The van der Waals surface area contributed by atoms with Crippen molar-refractivity contribution in [3.05, 3.63) is 24.3 Å². The van der Waals surface area contributed by atoms with Crippen LogP contribution in [0.15, 0.2) is 24.3 Å². The number of hydrogen-bond acceptors (Lipinski definition) is 3. The smallest absolute Gasteiger partial charge is 0.241 e. The van der Waals surface area contributed by atoms with Gasteiger partial charge in [-0.2, -0.15) is 0 Å². The quantitative estimate of drug-likeness (QED) is 0.869. The summed E-state index contributed by atoms with van der Waals surface area (Å²) < 4.78 is 5.52. The zero-order valence-corrected chi connectivity index (χ0v) is 12.3. The lowest BCUT2D eigenvalue weighted by Crippen LogP contribution is -2.47. The lowest BCUT2D eigenvalue weighted by atomic mass is 9.99. The van der Waals surface area contributed by atoms with Crippen molar-refractivity contribution >= 4 is 11.6 Å². The number of carbonyl (C=O) groups is 1. The fourth-order valence-electron chi connectivity index (χ4n) is 2.43. The van der Waals surface area contributed by atoms with Gasteiger partial charge in [0, 0.05) is 11.7 Å². The number of rotatable bonds is 5. The van der Waals surface area contributed by atoms with E-state index in [2.05, 4.69) is 24.5 Å². The molecule has 1 aliphatic heterocycles. The Balaban J connectivity index is 1.87. The van der Waals surface area contributed by atoms with Gasteiger partial charge in [0.25, 0.3) is 0 Å². The average Bonchev–Trinajstić information content (AvgIpc) is 2.46. The summed E-state index contributed by atoms with van der Waals surface area (Å²) >= 11 is 0. The molecule has 1 heterocycles. The van der Waals surface area contributed by atoms with Gasteiger partial charge in [-0.25, -0.2) is 0 Å². The molecule has 2 atom stereocenters. The maximum Gasteiger partial charge on any atom is 0.241 e. The molecule has 0 aliphatic carbocycles. The van der Waals surface area contributed by atoms with Crippen LogP contribution in [0.2, 0.25) is 0 Å². The maximum absolute atomic E-state index is 12.2. The van der Waals surface area contributed by atoms with Crippen molar-refractivity contribution in [1.82, 2.24) is 5.32 Å². The van der Waals surface area contributed by atoms with Crippen molar-refractivity contribution in [2.45, 2.75) is 51.6 Å². The van der Waals surface area contributed by atoms with Crippen LogP contribution >= 0.6 is 0 Å². The van der Waals surface area contributed by atoms with Crippen LogP contribution in [0.3, 0.4) is 0 Å². The third-order valence-electron chi connectivity index (χ3n) is 3.53. The molecule has 2 N–H and O–H groups in total. The zero-order chi connectivity index (χ0) is 14.4. The minimum atomic E-state index is -0.0743. The number of anilines is 1. The molecule has 0 saturated carbocycles. The lowest BCUT2D eigenvalue weighted by Gasteiger charge is -2.27. The molecular weight excluding hydrogens is 252 g/mol. The van der Waals surface area contributed by atoms with Gasteiger partial charge in [0.15, 0.2) is 0 Å². The summed E-state index contributed by atoms with van der Waals surface area (Å²) in [5.41, 5.74) is 0.818. The Kier molecular flexibility index (Phi) is 5.41. The Bertz CT molecular complexity index is 431. The van der Waals surface area contributed by atoms with Gasteiger partial charge in [-0.3, -0.25) is 4.79 Å². The van der Waals surface area contributed by atoms with E-state index in [0.717, 1.165) is 43.7 Å². The Hall–Kier alpha value is -1.55. The summed E-state index contributed by atoms with van der Waals surface area (Å²) in [4.78, 5) is 12.2. The fourth-order valence-corrected chi connectivity index (χ4v) is 2.43. The molecule has 2 unspecified atom stereocenters. The van der Waals surface area contributed by atoms with Crippen molar-refractivity contribution in [2.24, 2.45) is 0 Å². The highest BCUT2D eigenvalue weighted by molar-refractivity contribution is 5.94. The largest absolute Gasteiger partial charge is 0.494 e. The standard InChI is InChI=1S/C16H24N2O2/c1-3-11-20-14-9-7-13(8-10-14)18-16(19)15-6-4-5-12(2)17-15/h7-10,12,15,17H,3-6,11H2,1-2H3,(H,18,19). The van der Waals surface area contributed by atoms with Crippen LogP contribution in [0, 0.1) is 0 Å². The monoisotopic (exact) mass is 276 g/mol. The molecule has 0 radical (unpaired) electrons. The van der Waals surface area contributed by atoms with Crippen LogP contribution in [-0.4, -0.2) is 24.6 Å². The molecule has 20 heavy (non-hydrogen) atoms. The van der Waals surface area contributed by atoms with Crippen molar-refractivity contribution in [3.63, 3.8) is 0 Å². The molecule has 1 aromatic carbocycles. The second-order valence-electron chi connectivity index (χ2n) is 5.41. The summed E-state index contributed by atoms with van der Waals surface area (Å²) in [6, 6.07) is 7.90. The Morgan fingerprint density at radius 2 is 2.10 bits per heavy atom. The highest BCUT2D eigenvalue weighted by Gasteiger charge is 2.23. The molecule has 1 amide bonds. The molecule has 4 nitrogen and oxygen atoms in total. The summed E-state index contributed by atoms with van der Waals surface area (Å²) in [6.07, 6.45) is 4.15. The molecular formula is C16H24N2O2.